The Balaban J connectivity index is 1.81. The molecule has 1 fully saturated rings. The van der Waals surface area contributed by atoms with Gasteiger partial charge in [-0.1, -0.05) is 31.5 Å². The highest BCUT2D eigenvalue weighted by Gasteiger charge is 2.25. The number of nitrogens with one attached hydrogen (secondary N) is 2. The van der Waals surface area contributed by atoms with Crippen molar-refractivity contribution in [2.45, 2.75) is 71.8 Å². The highest BCUT2D eigenvalue weighted by molar-refractivity contribution is 6.33. The number of pyridine rings is 1. The smallest absolute Gasteiger partial charge is 0.223 e. The van der Waals surface area contributed by atoms with E-state index in [2.05, 4.69) is 52.9 Å². The third-order valence-electron chi connectivity index (χ3n) is 6.42. The number of benzene rings is 1. The van der Waals surface area contributed by atoms with Crippen LogP contribution in [0, 0.1) is 6.92 Å². The number of halogens is 1. The van der Waals surface area contributed by atoms with Crippen molar-refractivity contribution < 1.29 is 9.84 Å². The molecule has 1 aliphatic heterocycles. The van der Waals surface area contributed by atoms with E-state index in [-0.39, 0.29) is 24.1 Å². The van der Waals surface area contributed by atoms with Gasteiger partial charge in [-0.05, 0) is 39.3 Å². The third-order valence-corrected chi connectivity index (χ3v) is 6.70. The standard InChI is InChI=1S/C26H34ClN5O3/c1-14(2)28-12-22-16(5)25(34)18-7-6-17(10-21(18)32(22)15(3)4)24-19(27)11-29-26(31-24)30-20-8-9-35-13-23(20)33/h6-7,10-11,14-15,20,23,28,33H,8-9,12-13H2,1-5H3,(H,29,30,31)/t20-,23-/m1/s1. The number of anilines is 1. The van der Waals surface area contributed by atoms with Crippen LogP contribution in [0.4, 0.5) is 5.95 Å². The minimum absolute atomic E-state index is 0.0358. The number of aromatic nitrogens is 3. The van der Waals surface area contributed by atoms with E-state index in [1.54, 1.807) is 6.20 Å². The maximum atomic E-state index is 13.3. The zero-order chi connectivity index (χ0) is 25.3. The van der Waals surface area contributed by atoms with E-state index in [1.165, 1.54) is 0 Å². The Kier molecular flexibility index (Phi) is 7.76. The summed E-state index contributed by atoms with van der Waals surface area (Å²) < 4.78 is 7.53. The molecular weight excluding hydrogens is 466 g/mol. The molecule has 4 rings (SSSR count). The highest BCUT2D eigenvalue weighted by atomic mass is 35.5. The van der Waals surface area contributed by atoms with Gasteiger partial charge < -0.3 is 25.0 Å². The molecule has 35 heavy (non-hydrogen) atoms. The summed E-state index contributed by atoms with van der Waals surface area (Å²) in [5, 5.41) is 18.0. The van der Waals surface area contributed by atoms with Crippen LogP contribution in [0.1, 0.15) is 51.4 Å². The lowest BCUT2D eigenvalue weighted by molar-refractivity contribution is -0.0136. The van der Waals surface area contributed by atoms with Crippen LogP contribution in [0.2, 0.25) is 5.02 Å². The second-order valence-corrected chi connectivity index (χ2v) is 10.1. The van der Waals surface area contributed by atoms with Crippen LogP contribution in [0.5, 0.6) is 0 Å². The lowest BCUT2D eigenvalue weighted by atomic mass is 10.0. The van der Waals surface area contributed by atoms with Gasteiger partial charge in [-0.25, -0.2) is 9.97 Å². The topological polar surface area (TPSA) is 101 Å². The van der Waals surface area contributed by atoms with Gasteiger partial charge in [0.1, 0.15) is 0 Å². The molecule has 1 aromatic carbocycles. The second kappa shape index (κ2) is 10.6. The third kappa shape index (κ3) is 5.35. The number of aliphatic hydroxyl groups is 1. The van der Waals surface area contributed by atoms with Gasteiger partial charge in [0.25, 0.3) is 0 Å². The predicted molar refractivity (Wildman–Crippen MR) is 140 cm³/mol. The number of aliphatic hydroxyl groups excluding tert-OH is 1. The zero-order valence-corrected chi connectivity index (χ0v) is 21.7. The summed E-state index contributed by atoms with van der Waals surface area (Å²) >= 11 is 6.53. The van der Waals surface area contributed by atoms with Crippen LogP contribution in [-0.2, 0) is 11.3 Å². The number of fused-ring (bicyclic) bond motifs is 1. The number of rotatable bonds is 7. The van der Waals surface area contributed by atoms with Crippen LogP contribution in [0.15, 0.2) is 29.2 Å². The van der Waals surface area contributed by atoms with Crippen molar-refractivity contribution in [1.82, 2.24) is 19.9 Å². The van der Waals surface area contributed by atoms with E-state index in [0.29, 0.717) is 47.7 Å². The van der Waals surface area contributed by atoms with Gasteiger partial charge in [0.2, 0.25) is 5.95 Å². The molecule has 2 atom stereocenters. The lowest BCUT2D eigenvalue weighted by Crippen LogP contribution is -2.42. The summed E-state index contributed by atoms with van der Waals surface area (Å²) in [6, 6.07) is 5.96. The van der Waals surface area contributed by atoms with Crippen LogP contribution < -0.4 is 16.1 Å². The minimum Gasteiger partial charge on any atom is -0.389 e. The number of hydrogen-bond acceptors (Lipinski definition) is 7. The van der Waals surface area contributed by atoms with E-state index >= 15 is 0 Å². The van der Waals surface area contributed by atoms with Crippen molar-refractivity contribution in [3.05, 3.63) is 50.9 Å². The normalized spacial score (nSPS) is 18.5. The van der Waals surface area contributed by atoms with Gasteiger partial charge in [-0.15, -0.1) is 0 Å². The van der Waals surface area contributed by atoms with Crippen molar-refractivity contribution in [3.8, 4) is 11.3 Å². The Morgan fingerprint density at radius 1 is 1.29 bits per heavy atom. The molecule has 0 unspecified atom stereocenters. The summed E-state index contributed by atoms with van der Waals surface area (Å²) in [7, 11) is 0. The summed E-state index contributed by atoms with van der Waals surface area (Å²) in [6.07, 6.45) is 1.59. The van der Waals surface area contributed by atoms with Crippen LogP contribution in [-0.4, -0.2) is 51.0 Å². The molecule has 0 saturated carbocycles. The predicted octanol–water partition coefficient (Wildman–Crippen LogP) is 4.06. The fraction of sp³-hybridized carbons (Fsp3) is 0.500. The molecule has 8 nitrogen and oxygen atoms in total. The minimum atomic E-state index is -0.631. The molecule has 3 heterocycles. The van der Waals surface area contributed by atoms with E-state index in [9.17, 15) is 9.90 Å². The first kappa shape index (κ1) is 25.6. The Bertz CT molecular complexity index is 1270. The van der Waals surface area contributed by atoms with Gasteiger partial charge >= 0.3 is 0 Å². The van der Waals surface area contributed by atoms with Crippen LogP contribution >= 0.6 is 11.6 Å². The summed E-state index contributed by atoms with van der Waals surface area (Å²) in [4.78, 5) is 22.2. The van der Waals surface area contributed by atoms with Gasteiger partial charge in [-0.2, -0.15) is 0 Å². The van der Waals surface area contributed by atoms with E-state index in [4.69, 9.17) is 16.3 Å². The van der Waals surface area contributed by atoms with Crippen molar-refractivity contribution in [1.29, 1.82) is 0 Å². The number of nitrogens with zero attached hydrogens (tertiary/aromatic N) is 3. The molecule has 3 N–H and O–H groups in total. The molecule has 3 aromatic rings. The molecular formula is C26H34ClN5O3. The molecule has 0 bridgehead atoms. The summed E-state index contributed by atoms with van der Waals surface area (Å²) in [5.74, 6) is 0.391. The average molecular weight is 500 g/mol. The summed E-state index contributed by atoms with van der Waals surface area (Å²) in [5.41, 5.74) is 3.98. The molecule has 9 heteroatoms. The maximum Gasteiger partial charge on any atom is 0.223 e. The van der Waals surface area contributed by atoms with Crippen molar-refractivity contribution in [3.63, 3.8) is 0 Å². The molecule has 1 aliphatic rings. The number of ether oxygens (including phenoxy) is 1. The first-order valence-corrected chi connectivity index (χ1v) is 12.5. The first-order valence-electron chi connectivity index (χ1n) is 12.1. The van der Waals surface area contributed by atoms with Crippen LogP contribution in [0.25, 0.3) is 22.2 Å². The van der Waals surface area contributed by atoms with Crippen LogP contribution in [0.3, 0.4) is 0 Å². The highest BCUT2D eigenvalue weighted by Crippen LogP contribution is 2.31. The van der Waals surface area contributed by atoms with Crippen molar-refractivity contribution >= 4 is 28.5 Å². The van der Waals surface area contributed by atoms with Gasteiger partial charge in [0.15, 0.2) is 5.43 Å². The quantitative estimate of drug-likeness (QED) is 0.450. The molecule has 1 saturated heterocycles. The fourth-order valence-electron chi connectivity index (χ4n) is 4.53. The average Bonchev–Trinajstić information content (AvgIpc) is 2.82. The molecule has 0 radical (unpaired) electrons. The van der Waals surface area contributed by atoms with Gasteiger partial charge in [0, 0.05) is 47.4 Å². The van der Waals surface area contributed by atoms with E-state index in [0.717, 1.165) is 22.3 Å². The van der Waals surface area contributed by atoms with E-state index < -0.39 is 6.10 Å². The van der Waals surface area contributed by atoms with Gasteiger partial charge in [0.05, 0.1) is 41.2 Å². The molecule has 0 spiro atoms. The lowest BCUT2D eigenvalue weighted by Gasteiger charge is -2.28. The molecule has 188 valence electrons. The Morgan fingerprint density at radius 3 is 2.74 bits per heavy atom. The first-order chi connectivity index (χ1) is 16.7. The Hall–Kier alpha value is -2.52. The molecule has 0 amide bonds. The monoisotopic (exact) mass is 499 g/mol. The number of hydrogen-bond donors (Lipinski definition) is 3. The SMILES string of the molecule is Cc1c(CNC(C)C)n(C(C)C)c2cc(-c3nc(N[C@@H]4CCOC[C@H]4O)ncc3Cl)ccc2c1=O. The van der Waals surface area contributed by atoms with Crippen molar-refractivity contribution in [2.75, 3.05) is 18.5 Å². The Morgan fingerprint density at radius 2 is 2.06 bits per heavy atom. The van der Waals surface area contributed by atoms with Crippen molar-refractivity contribution in [2.24, 2.45) is 0 Å². The summed E-state index contributed by atoms with van der Waals surface area (Å²) in [6.45, 7) is 11.8. The van der Waals surface area contributed by atoms with Gasteiger partial charge in [-0.3, -0.25) is 4.79 Å². The largest absolute Gasteiger partial charge is 0.389 e. The molecule has 0 aliphatic carbocycles. The second-order valence-electron chi connectivity index (χ2n) is 9.70. The maximum absolute atomic E-state index is 13.3. The Labute approximate surface area is 210 Å². The fourth-order valence-corrected chi connectivity index (χ4v) is 4.73. The zero-order valence-electron chi connectivity index (χ0n) is 20.9. The van der Waals surface area contributed by atoms with E-state index in [1.807, 2.05) is 25.1 Å². The molecule has 2 aromatic heterocycles.